The average Bonchev–Trinajstić information content (AvgIpc) is 2.99. The van der Waals surface area contributed by atoms with Crippen molar-refractivity contribution >= 4 is 33.2 Å². The first-order valence-electron chi connectivity index (χ1n) is 6.82. The summed E-state index contributed by atoms with van der Waals surface area (Å²) in [5.74, 6) is 0.0349. The number of rotatable bonds is 3. The maximum absolute atomic E-state index is 12.3. The summed E-state index contributed by atoms with van der Waals surface area (Å²) in [6.45, 7) is 2.01. The molecule has 0 saturated carbocycles. The van der Waals surface area contributed by atoms with Crippen LogP contribution in [0.4, 0.5) is 0 Å². The van der Waals surface area contributed by atoms with E-state index in [0.29, 0.717) is 0 Å². The summed E-state index contributed by atoms with van der Waals surface area (Å²) in [6.07, 6.45) is 3.49. The van der Waals surface area contributed by atoms with E-state index >= 15 is 0 Å². The van der Waals surface area contributed by atoms with Crippen LogP contribution in [-0.2, 0) is 12.8 Å². The molecule has 0 aliphatic heterocycles. The Morgan fingerprint density at radius 3 is 2.90 bits per heavy atom. The molecule has 2 aromatic rings. The van der Waals surface area contributed by atoms with Gasteiger partial charge in [0, 0.05) is 9.35 Å². The van der Waals surface area contributed by atoms with E-state index in [0.717, 1.165) is 27.8 Å². The standard InChI is InChI=1S/C16H16BrNOS/c1-10(12-6-2-3-7-13(12)17)18-16(19)15-9-11-5-4-8-14(11)20-15/h2-3,6-7,9-10H,4-5,8H2,1H3,(H,18,19)/t10-/m0/s1. The van der Waals surface area contributed by atoms with Gasteiger partial charge in [0.25, 0.3) is 5.91 Å². The van der Waals surface area contributed by atoms with Gasteiger partial charge in [0.2, 0.25) is 0 Å². The Morgan fingerprint density at radius 2 is 2.15 bits per heavy atom. The molecule has 1 atom stereocenters. The van der Waals surface area contributed by atoms with Gasteiger partial charge in [0.1, 0.15) is 0 Å². The van der Waals surface area contributed by atoms with Gasteiger partial charge in [0.05, 0.1) is 10.9 Å². The lowest BCUT2D eigenvalue weighted by Crippen LogP contribution is -2.26. The molecule has 4 heteroatoms. The predicted octanol–water partition coefficient (Wildman–Crippen LogP) is 4.49. The first-order chi connectivity index (χ1) is 9.65. The topological polar surface area (TPSA) is 29.1 Å². The molecule has 3 rings (SSSR count). The molecule has 1 amide bonds. The van der Waals surface area contributed by atoms with Gasteiger partial charge in [-0.1, -0.05) is 34.1 Å². The third-order valence-electron chi connectivity index (χ3n) is 3.69. The Balaban J connectivity index is 1.74. The highest BCUT2D eigenvalue weighted by atomic mass is 79.9. The summed E-state index contributed by atoms with van der Waals surface area (Å²) < 4.78 is 1.03. The molecule has 0 bridgehead atoms. The van der Waals surface area contributed by atoms with Crippen LogP contribution in [-0.4, -0.2) is 5.91 Å². The van der Waals surface area contributed by atoms with E-state index in [1.165, 1.54) is 16.9 Å². The smallest absolute Gasteiger partial charge is 0.261 e. The van der Waals surface area contributed by atoms with Crippen molar-refractivity contribution in [2.75, 3.05) is 0 Å². The fourth-order valence-corrected chi connectivity index (χ4v) is 4.40. The van der Waals surface area contributed by atoms with Gasteiger partial charge in [-0.3, -0.25) is 4.79 Å². The van der Waals surface area contributed by atoms with Crippen molar-refractivity contribution in [3.05, 3.63) is 55.7 Å². The van der Waals surface area contributed by atoms with Gasteiger partial charge < -0.3 is 5.32 Å². The highest BCUT2D eigenvalue weighted by Gasteiger charge is 2.20. The summed E-state index contributed by atoms with van der Waals surface area (Å²) in [5.41, 5.74) is 2.47. The normalized spacial score (nSPS) is 14.9. The second-order valence-electron chi connectivity index (χ2n) is 5.13. The van der Waals surface area contributed by atoms with Crippen LogP contribution in [0.5, 0.6) is 0 Å². The molecule has 2 nitrogen and oxygen atoms in total. The summed E-state index contributed by atoms with van der Waals surface area (Å²) in [5, 5.41) is 3.08. The first kappa shape index (κ1) is 13.8. The van der Waals surface area contributed by atoms with Gasteiger partial charge in [-0.2, -0.15) is 0 Å². The summed E-state index contributed by atoms with van der Waals surface area (Å²) in [7, 11) is 0. The van der Waals surface area contributed by atoms with E-state index in [9.17, 15) is 4.79 Å². The molecule has 0 radical (unpaired) electrons. The van der Waals surface area contributed by atoms with E-state index in [4.69, 9.17) is 0 Å². The van der Waals surface area contributed by atoms with Crippen LogP contribution in [0, 0.1) is 0 Å². The molecule has 1 aromatic heterocycles. The van der Waals surface area contributed by atoms with Crippen molar-refractivity contribution in [1.82, 2.24) is 5.32 Å². The van der Waals surface area contributed by atoms with Crippen LogP contribution in [0.15, 0.2) is 34.8 Å². The number of carbonyl (C=O) groups is 1. The maximum Gasteiger partial charge on any atom is 0.261 e. The van der Waals surface area contributed by atoms with E-state index in [1.807, 2.05) is 31.2 Å². The van der Waals surface area contributed by atoms with Gasteiger partial charge >= 0.3 is 0 Å². The number of hydrogen-bond acceptors (Lipinski definition) is 2. The second-order valence-corrected chi connectivity index (χ2v) is 7.12. The molecule has 20 heavy (non-hydrogen) atoms. The Morgan fingerprint density at radius 1 is 1.35 bits per heavy atom. The largest absolute Gasteiger partial charge is 0.345 e. The molecule has 1 N–H and O–H groups in total. The monoisotopic (exact) mass is 349 g/mol. The molecular formula is C16H16BrNOS. The number of halogens is 1. The number of benzene rings is 1. The fourth-order valence-electron chi connectivity index (χ4n) is 2.61. The highest BCUT2D eigenvalue weighted by molar-refractivity contribution is 9.10. The van der Waals surface area contributed by atoms with E-state index in [1.54, 1.807) is 11.3 Å². The Bertz CT molecular complexity index is 628. The number of amides is 1. The van der Waals surface area contributed by atoms with Gasteiger partial charge in [-0.25, -0.2) is 0 Å². The van der Waals surface area contributed by atoms with Crippen molar-refractivity contribution in [1.29, 1.82) is 0 Å². The number of fused-ring (bicyclic) bond motifs is 1. The lowest BCUT2D eigenvalue weighted by molar-refractivity contribution is 0.0944. The van der Waals surface area contributed by atoms with Crippen LogP contribution in [0.1, 0.15) is 45.1 Å². The zero-order valence-corrected chi connectivity index (χ0v) is 13.7. The number of thiophene rings is 1. The molecule has 1 aromatic carbocycles. The van der Waals surface area contributed by atoms with Crippen LogP contribution in [0.2, 0.25) is 0 Å². The molecule has 0 unspecified atom stereocenters. The van der Waals surface area contributed by atoms with Crippen molar-refractivity contribution in [3.63, 3.8) is 0 Å². The van der Waals surface area contributed by atoms with Gasteiger partial charge in [0.15, 0.2) is 0 Å². The quantitative estimate of drug-likeness (QED) is 0.868. The average molecular weight is 350 g/mol. The third kappa shape index (κ3) is 2.67. The molecule has 104 valence electrons. The van der Waals surface area contributed by atoms with Crippen molar-refractivity contribution in [3.8, 4) is 0 Å². The second kappa shape index (κ2) is 5.70. The van der Waals surface area contributed by atoms with Crippen LogP contribution in [0.3, 0.4) is 0 Å². The molecule has 0 spiro atoms. The molecule has 1 heterocycles. The minimum atomic E-state index is -0.00462. The SMILES string of the molecule is C[C@H](NC(=O)c1cc2c(s1)CCC2)c1ccccc1Br. The Hall–Kier alpha value is -1.13. The zero-order chi connectivity index (χ0) is 14.1. The van der Waals surface area contributed by atoms with Crippen molar-refractivity contribution in [2.45, 2.75) is 32.2 Å². The van der Waals surface area contributed by atoms with Crippen LogP contribution in [0.25, 0.3) is 0 Å². The molecule has 0 fully saturated rings. The van der Waals surface area contributed by atoms with Gasteiger partial charge in [-0.05, 0) is 49.4 Å². The van der Waals surface area contributed by atoms with Crippen LogP contribution < -0.4 is 5.32 Å². The third-order valence-corrected chi connectivity index (χ3v) is 5.65. The maximum atomic E-state index is 12.3. The highest BCUT2D eigenvalue weighted by Crippen LogP contribution is 2.31. The molecule has 1 aliphatic rings. The molecule has 0 saturated heterocycles. The lowest BCUT2D eigenvalue weighted by atomic mass is 10.1. The minimum Gasteiger partial charge on any atom is -0.345 e. The Labute approximate surface area is 131 Å². The number of carbonyl (C=O) groups excluding carboxylic acids is 1. The predicted molar refractivity (Wildman–Crippen MR) is 86.4 cm³/mol. The molecule has 1 aliphatic carbocycles. The Kier molecular flexibility index (Phi) is 3.94. The molecular weight excluding hydrogens is 334 g/mol. The van der Waals surface area contributed by atoms with Crippen LogP contribution >= 0.6 is 27.3 Å². The summed E-state index contributed by atoms with van der Waals surface area (Å²) in [4.78, 5) is 14.6. The van der Waals surface area contributed by atoms with E-state index < -0.39 is 0 Å². The lowest BCUT2D eigenvalue weighted by Gasteiger charge is -2.15. The van der Waals surface area contributed by atoms with Crippen molar-refractivity contribution in [2.24, 2.45) is 0 Å². The number of nitrogens with one attached hydrogen (secondary N) is 1. The zero-order valence-electron chi connectivity index (χ0n) is 11.3. The van der Waals surface area contributed by atoms with E-state index in [-0.39, 0.29) is 11.9 Å². The van der Waals surface area contributed by atoms with Crippen molar-refractivity contribution < 1.29 is 4.79 Å². The number of hydrogen-bond donors (Lipinski definition) is 1. The summed E-state index contributed by atoms with van der Waals surface area (Å²) in [6, 6.07) is 10.1. The minimum absolute atomic E-state index is 0.00462. The van der Waals surface area contributed by atoms with Gasteiger partial charge in [-0.15, -0.1) is 11.3 Å². The fraction of sp³-hybridized carbons (Fsp3) is 0.312. The van der Waals surface area contributed by atoms with E-state index in [2.05, 4.69) is 27.3 Å². The summed E-state index contributed by atoms with van der Waals surface area (Å²) >= 11 is 5.18. The first-order valence-corrected chi connectivity index (χ1v) is 8.43. The number of aryl methyl sites for hydroxylation is 2.